The zero-order chi connectivity index (χ0) is 13.5. The minimum absolute atomic E-state index is 0.129. The Hall–Kier alpha value is -2.14. The fraction of sp³-hybridized carbons (Fsp3) is 0.231. The average molecular weight is 249 g/mol. The summed E-state index contributed by atoms with van der Waals surface area (Å²) in [7, 11) is 0. The lowest BCUT2D eigenvalue weighted by Gasteiger charge is -2.19. The van der Waals surface area contributed by atoms with Crippen LogP contribution < -0.4 is 0 Å². The van der Waals surface area contributed by atoms with Crippen LogP contribution in [-0.2, 0) is 0 Å². The quantitative estimate of drug-likeness (QED) is 0.737. The number of benzene rings is 1. The number of aliphatic hydroxyl groups excluding tert-OH is 1. The summed E-state index contributed by atoms with van der Waals surface area (Å²) in [6.07, 6.45) is 1.57. The number of aliphatic hydroxyl groups is 1. The second-order valence-electron chi connectivity index (χ2n) is 3.65. The molecule has 5 heteroatoms. The number of aromatic carboxylic acids is 1. The van der Waals surface area contributed by atoms with E-state index in [4.69, 9.17) is 10.2 Å². The van der Waals surface area contributed by atoms with E-state index in [-0.39, 0.29) is 24.6 Å². The fourth-order valence-corrected chi connectivity index (χ4v) is 1.49. The molecule has 1 aromatic rings. The molecule has 0 heterocycles. The van der Waals surface area contributed by atoms with Crippen LogP contribution in [0.15, 0.2) is 36.9 Å². The van der Waals surface area contributed by atoms with Crippen LogP contribution in [0.1, 0.15) is 20.7 Å². The zero-order valence-corrected chi connectivity index (χ0v) is 9.87. The summed E-state index contributed by atoms with van der Waals surface area (Å²) in [5.41, 5.74) is 0.513. The third-order valence-corrected chi connectivity index (χ3v) is 2.39. The van der Waals surface area contributed by atoms with E-state index in [0.717, 1.165) is 0 Å². The number of carbonyl (C=O) groups is 2. The molecule has 0 unspecified atom stereocenters. The number of hydrogen-bond acceptors (Lipinski definition) is 3. The van der Waals surface area contributed by atoms with E-state index in [1.807, 2.05) is 0 Å². The maximum absolute atomic E-state index is 12.0. The molecule has 0 spiro atoms. The molecule has 0 atom stereocenters. The number of amides is 1. The van der Waals surface area contributed by atoms with E-state index < -0.39 is 5.97 Å². The van der Waals surface area contributed by atoms with E-state index in [1.165, 1.54) is 29.2 Å². The van der Waals surface area contributed by atoms with Crippen LogP contribution >= 0.6 is 0 Å². The Morgan fingerprint density at radius 1 is 1.22 bits per heavy atom. The molecule has 0 saturated heterocycles. The first-order chi connectivity index (χ1) is 8.60. The van der Waals surface area contributed by atoms with Gasteiger partial charge in [0.05, 0.1) is 12.2 Å². The lowest BCUT2D eigenvalue weighted by molar-refractivity contribution is 0.0693. The lowest BCUT2D eigenvalue weighted by Crippen LogP contribution is -2.33. The van der Waals surface area contributed by atoms with Crippen molar-refractivity contribution in [3.05, 3.63) is 48.0 Å². The second kappa shape index (κ2) is 6.56. The van der Waals surface area contributed by atoms with Crippen LogP contribution in [-0.4, -0.2) is 46.7 Å². The summed E-state index contributed by atoms with van der Waals surface area (Å²) in [6, 6.07) is 5.67. The SMILES string of the molecule is C=CCN(CCO)C(=O)c1ccc(C(=O)O)cc1. The van der Waals surface area contributed by atoms with Crippen molar-refractivity contribution in [2.24, 2.45) is 0 Å². The molecule has 0 aliphatic rings. The van der Waals surface area contributed by atoms with Crippen molar-refractivity contribution in [2.45, 2.75) is 0 Å². The van der Waals surface area contributed by atoms with Crippen LogP contribution in [0.3, 0.4) is 0 Å². The first kappa shape index (κ1) is 13.9. The monoisotopic (exact) mass is 249 g/mol. The highest BCUT2D eigenvalue weighted by atomic mass is 16.4. The van der Waals surface area contributed by atoms with Gasteiger partial charge >= 0.3 is 5.97 Å². The summed E-state index contributed by atoms with van der Waals surface area (Å²) < 4.78 is 0. The number of hydrogen-bond donors (Lipinski definition) is 2. The van der Waals surface area contributed by atoms with E-state index >= 15 is 0 Å². The van der Waals surface area contributed by atoms with Crippen LogP contribution in [0, 0.1) is 0 Å². The molecular formula is C13H15NO4. The fourth-order valence-electron chi connectivity index (χ4n) is 1.49. The normalized spacial score (nSPS) is 9.83. The third-order valence-electron chi connectivity index (χ3n) is 2.39. The molecule has 1 aromatic carbocycles. The molecule has 96 valence electrons. The van der Waals surface area contributed by atoms with E-state index in [9.17, 15) is 9.59 Å². The van der Waals surface area contributed by atoms with Gasteiger partial charge in [-0.3, -0.25) is 4.79 Å². The van der Waals surface area contributed by atoms with Crippen LogP contribution in [0.2, 0.25) is 0 Å². The maximum atomic E-state index is 12.0. The van der Waals surface area contributed by atoms with Crippen molar-refractivity contribution in [1.29, 1.82) is 0 Å². The first-order valence-corrected chi connectivity index (χ1v) is 5.44. The van der Waals surface area contributed by atoms with Gasteiger partial charge in [0.1, 0.15) is 0 Å². The van der Waals surface area contributed by atoms with Gasteiger partial charge in [-0.2, -0.15) is 0 Å². The van der Waals surface area contributed by atoms with Gasteiger partial charge in [0.25, 0.3) is 5.91 Å². The van der Waals surface area contributed by atoms with Crippen molar-refractivity contribution in [1.82, 2.24) is 4.90 Å². The maximum Gasteiger partial charge on any atom is 0.335 e. The topological polar surface area (TPSA) is 77.8 Å². The first-order valence-electron chi connectivity index (χ1n) is 5.44. The Kier molecular flexibility index (Phi) is 5.07. The Morgan fingerprint density at radius 3 is 2.22 bits per heavy atom. The van der Waals surface area contributed by atoms with Crippen molar-refractivity contribution in [3.8, 4) is 0 Å². The highest BCUT2D eigenvalue weighted by Gasteiger charge is 2.14. The Labute approximate surface area is 105 Å². The predicted octanol–water partition coefficient (Wildman–Crippen LogP) is 1.01. The number of rotatable bonds is 6. The van der Waals surface area contributed by atoms with Gasteiger partial charge in [-0.25, -0.2) is 4.79 Å². The molecular weight excluding hydrogens is 234 g/mol. The average Bonchev–Trinajstić information content (AvgIpc) is 2.38. The third kappa shape index (κ3) is 3.43. The number of nitrogens with zero attached hydrogens (tertiary/aromatic N) is 1. The molecule has 2 N–H and O–H groups in total. The molecule has 18 heavy (non-hydrogen) atoms. The van der Waals surface area contributed by atoms with E-state index in [2.05, 4.69) is 6.58 Å². The van der Waals surface area contributed by atoms with Crippen molar-refractivity contribution < 1.29 is 19.8 Å². The molecule has 5 nitrogen and oxygen atoms in total. The van der Waals surface area contributed by atoms with Crippen molar-refractivity contribution in [2.75, 3.05) is 19.7 Å². The van der Waals surface area contributed by atoms with Crippen LogP contribution in [0.4, 0.5) is 0 Å². The number of carboxylic acid groups (broad SMARTS) is 1. The second-order valence-corrected chi connectivity index (χ2v) is 3.65. The van der Waals surface area contributed by atoms with E-state index in [1.54, 1.807) is 6.08 Å². The van der Waals surface area contributed by atoms with Crippen molar-refractivity contribution in [3.63, 3.8) is 0 Å². The summed E-state index contributed by atoms with van der Waals surface area (Å²) in [5.74, 6) is -1.30. The molecule has 1 amide bonds. The largest absolute Gasteiger partial charge is 0.478 e. The minimum atomic E-state index is -1.03. The highest BCUT2D eigenvalue weighted by molar-refractivity contribution is 5.96. The Balaban J connectivity index is 2.87. The van der Waals surface area contributed by atoms with Crippen molar-refractivity contribution >= 4 is 11.9 Å². The van der Waals surface area contributed by atoms with E-state index in [0.29, 0.717) is 12.1 Å². The molecule has 0 bridgehead atoms. The van der Waals surface area contributed by atoms with Gasteiger partial charge in [-0.15, -0.1) is 6.58 Å². The molecule has 0 saturated carbocycles. The number of carboxylic acids is 1. The molecule has 0 radical (unpaired) electrons. The molecule has 1 rings (SSSR count). The van der Waals surface area contributed by atoms with Gasteiger partial charge in [-0.1, -0.05) is 6.08 Å². The standard InChI is InChI=1S/C13H15NO4/c1-2-7-14(8-9-15)12(16)10-3-5-11(6-4-10)13(17)18/h2-6,15H,1,7-9H2,(H,17,18). The molecule has 0 aliphatic carbocycles. The van der Waals surface area contributed by atoms with Gasteiger partial charge in [-0.05, 0) is 24.3 Å². The van der Waals surface area contributed by atoms with Gasteiger partial charge in [0.15, 0.2) is 0 Å². The molecule has 0 aliphatic heterocycles. The summed E-state index contributed by atoms with van der Waals surface area (Å²) in [6.45, 7) is 3.96. The summed E-state index contributed by atoms with van der Waals surface area (Å²) >= 11 is 0. The van der Waals surface area contributed by atoms with Gasteiger partial charge in [0, 0.05) is 18.7 Å². The zero-order valence-electron chi connectivity index (χ0n) is 9.87. The highest BCUT2D eigenvalue weighted by Crippen LogP contribution is 2.08. The molecule has 0 fully saturated rings. The smallest absolute Gasteiger partial charge is 0.335 e. The minimum Gasteiger partial charge on any atom is -0.478 e. The Morgan fingerprint density at radius 2 is 1.78 bits per heavy atom. The van der Waals surface area contributed by atoms with Crippen LogP contribution in [0.5, 0.6) is 0 Å². The molecule has 0 aromatic heterocycles. The summed E-state index contributed by atoms with van der Waals surface area (Å²) in [5, 5.41) is 17.6. The Bertz CT molecular complexity index is 439. The lowest BCUT2D eigenvalue weighted by atomic mass is 10.1. The van der Waals surface area contributed by atoms with Crippen LogP contribution in [0.25, 0.3) is 0 Å². The predicted molar refractivity (Wildman–Crippen MR) is 66.6 cm³/mol. The van der Waals surface area contributed by atoms with Gasteiger partial charge in [0.2, 0.25) is 0 Å². The summed E-state index contributed by atoms with van der Waals surface area (Å²) in [4.78, 5) is 24.1. The number of carbonyl (C=O) groups excluding carboxylic acids is 1. The van der Waals surface area contributed by atoms with Gasteiger partial charge < -0.3 is 15.1 Å².